The van der Waals surface area contributed by atoms with Crippen LogP contribution in [0.5, 0.6) is 0 Å². The molecule has 1 aliphatic rings. The Kier molecular flexibility index (Phi) is 2.25. The van der Waals surface area contributed by atoms with Gasteiger partial charge in [-0.1, -0.05) is 18.2 Å². The van der Waals surface area contributed by atoms with Crippen LogP contribution in [0.1, 0.15) is 6.42 Å². The summed E-state index contributed by atoms with van der Waals surface area (Å²) in [6, 6.07) is 0. The monoisotopic (exact) mass is 168 g/mol. The van der Waals surface area contributed by atoms with Crippen molar-refractivity contribution >= 4 is 24.2 Å². The molecule has 56 valence electrons. The zero-order valence-corrected chi connectivity index (χ0v) is 6.39. The molecule has 0 heterocycles. The van der Waals surface area contributed by atoms with Gasteiger partial charge in [0.05, 0.1) is 0 Å². The number of hydrogen-bond donors (Lipinski definition) is 0. The molecule has 1 unspecified atom stereocenters. The molecular formula is C8H5ClO2. The third kappa shape index (κ3) is 1.77. The van der Waals surface area contributed by atoms with Crippen LogP contribution in [0.4, 0.5) is 0 Å². The first-order valence-corrected chi connectivity index (χ1v) is 3.43. The van der Waals surface area contributed by atoms with Crippen molar-refractivity contribution in [2.45, 2.75) is 11.3 Å². The van der Waals surface area contributed by atoms with Crippen molar-refractivity contribution in [3.8, 4) is 0 Å². The highest BCUT2D eigenvalue weighted by Crippen LogP contribution is 2.26. The smallest absolute Gasteiger partial charge is 0.229 e. The first-order chi connectivity index (χ1) is 5.20. The summed E-state index contributed by atoms with van der Waals surface area (Å²) in [4.78, 5) is 19.3. The van der Waals surface area contributed by atoms with Gasteiger partial charge in [0, 0.05) is 12.0 Å². The van der Waals surface area contributed by atoms with Crippen LogP contribution in [0.2, 0.25) is 0 Å². The Morgan fingerprint density at radius 1 is 1.55 bits per heavy atom. The summed E-state index contributed by atoms with van der Waals surface area (Å²) in [7, 11) is 0. The SMILES string of the molecule is O=[C]C1=CC=CC(Cl)([C]=O)C1. The summed E-state index contributed by atoms with van der Waals surface area (Å²) in [5.74, 6) is 0. The lowest BCUT2D eigenvalue weighted by Gasteiger charge is -2.16. The van der Waals surface area contributed by atoms with Gasteiger partial charge in [-0.25, -0.2) is 0 Å². The lowest BCUT2D eigenvalue weighted by Crippen LogP contribution is -2.22. The van der Waals surface area contributed by atoms with Gasteiger partial charge in [0.2, 0.25) is 12.6 Å². The lowest BCUT2D eigenvalue weighted by atomic mass is 9.95. The van der Waals surface area contributed by atoms with Gasteiger partial charge in [0.25, 0.3) is 0 Å². The standard InChI is InChI=1S/C8H5ClO2/c9-8(6-11)3-1-2-7(4-8)5-10/h1-3H,4H2. The number of halogens is 1. The van der Waals surface area contributed by atoms with E-state index >= 15 is 0 Å². The van der Waals surface area contributed by atoms with Crippen molar-refractivity contribution in [3.05, 3.63) is 23.8 Å². The maximum Gasteiger partial charge on any atom is 0.229 e. The van der Waals surface area contributed by atoms with Crippen LogP contribution in [0.15, 0.2) is 23.8 Å². The first-order valence-electron chi connectivity index (χ1n) is 3.05. The van der Waals surface area contributed by atoms with E-state index in [1.165, 1.54) is 6.08 Å². The molecule has 0 aromatic carbocycles. The Morgan fingerprint density at radius 3 is 2.82 bits per heavy atom. The van der Waals surface area contributed by atoms with Gasteiger partial charge in [-0.3, -0.25) is 9.59 Å². The van der Waals surface area contributed by atoms with Gasteiger partial charge in [-0.2, -0.15) is 0 Å². The highest BCUT2D eigenvalue weighted by molar-refractivity contribution is 6.33. The highest BCUT2D eigenvalue weighted by atomic mass is 35.5. The fourth-order valence-corrected chi connectivity index (χ4v) is 1.07. The van der Waals surface area contributed by atoms with E-state index in [9.17, 15) is 9.59 Å². The van der Waals surface area contributed by atoms with E-state index in [1.807, 2.05) is 0 Å². The van der Waals surface area contributed by atoms with E-state index < -0.39 is 4.87 Å². The Bertz CT molecular complexity index is 242. The van der Waals surface area contributed by atoms with Crippen LogP contribution in [0, 0.1) is 0 Å². The fourth-order valence-electron chi connectivity index (χ4n) is 0.852. The molecule has 0 saturated carbocycles. The minimum atomic E-state index is -1.15. The predicted octanol–water partition coefficient (Wildman–Crippen LogP) is 1.07. The molecule has 2 nitrogen and oxygen atoms in total. The topological polar surface area (TPSA) is 34.1 Å². The van der Waals surface area contributed by atoms with E-state index in [0.29, 0.717) is 5.57 Å². The third-order valence-electron chi connectivity index (χ3n) is 1.41. The summed E-state index contributed by atoms with van der Waals surface area (Å²) < 4.78 is 0. The first kappa shape index (κ1) is 8.21. The average molecular weight is 169 g/mol. The maximum absolute atomic E-state index is 10.3. The zero-order valence-electron chi connectivity index (χ0n) is 5.63. The molecule has 0 amide bonds. The molecule has 0 aromatic heterocycles. The van der Waals surface area contributed by atoms with Crippen molar-refractivity contribution in [3.63, 3.8) is 0 Å². The van der Waals surface area contributed by atoms with Crippen LogP contribution in [-0.4, -0.2) is 17.4 Å². The van der Waals surface area contributed by atoms with E-state index in [0.717, 1.165) is 0 Å². The van der Waals surface area contributed by atoms with Crippen molar-refractivity contribution in [1.29, 1.82) is 0 Å². The average Bonchev–Trinajstić information content (AvgIpc) is 2.05. The normalized spacial score (nSPS) is 29.4. The molecule has 0 spiro atoms. The van der Waals surface area contributed by atoms with Gasteiger partial charge in [0.15, 0.2) is 0 Å². The van der Waals surface area contributed by atoms with E-state index in [-0.39, 0.29) is 6.42 Å². The summed E-state index contributed by atoms with van der Waals surface area (Å²) >= 11 is 5.70. The Hall–Kier alpha value is -0.890. The summed E-state index contributed by atoms with van der Waals surface area (Å²) in [5, 5.41) is 0. The van der Waals surface area contributed by atoms with Crippen molar-refractivity contribution in [1.82, 2.24) is 0 Å². The number of rotatable bonds is 2. The number of carbonyl (C=O) groups excluding carboxylic acids is 2. The van der Waals surface area contributed by atoms with E-state index in [2.05, 4.69) is 0 Å². The van der Waals surface area contributed by atoms with Crippen molar-refractivity contribution in [2.24, 2.45) is 0 Å². The van der Waals surface area contributed by atoms with Crippen LogP contribution in [0.25, 0.3) is 0 Å². The second kappa shape index (κ2) is 3.01. The minimum absolute atomic E-state index is 0.179. The van der Waals surface area contributed by atoms with Gasteiger partial charge < -0.3 is 0 Å². The van der Waals surface area contributed by atoms with Gasteiger partial charge in [-0.05, 0) is 0 Å². The van der Waals surface area contributed by atoms with Gasteiger partial charge in [0.1, 0.15) is 4.87 Å². The molecule has 11 heavy (non-hydrogen) atoms. The summed E-state index contributed by atoms with van der Waals surface area (Å²) in [6.07, 6.45) is 8.16. The van der Waals surface area contributed by atoms with Crippen molar-refractivity contribution in [2.75, 3.05) is 0 Å². The third-order valence-corrected chi connectivity index (χ3v) is 1.74. The molecule has 0 aliphatic heterocycles. The predicted molar refractivity (Wildman–Crippen MR) is 41.8 cm³/mol. The molecule has 0 saturated heterocycles. The van der Waals surface area contributed by atoms with Crippen molar-refractivity contribution < 1.29 is 9.59 Å². The van der Waals surface area contributed by atoms with Gasteiger partial charge >= 0.3 is 0 Å². The molecule has 1 aliphatic carbocycles. The fraction of sp³-hybridized carbons (Fsp3) is 0.250. The molecule has 0 aromatic rings. The molecule has 3 heteroatoms. The second-order valence-electron chi connectivity index (χ2n) is 2.29. The Morgan fingerprint density at radius 2 is 2.27 bits per heavy atom. The molecular weight excluding hydrogens is 164 g/mol. The molecule has 0 bridgehead atoms. The van der Waals surface area contributed by atoms with Crippen LogP contribution >= 0.6 is 11.6 Å². The molecule has 2 radical (unpaired) electrons. The molecule has 0 fully saturated rings. The lowest BCUT2D eigenvalue weighted by molar-refractivity contribution is 0.539. The molecule has 0 N–H and O–H groups in total. The van der Waals surface area contributed by atoms with Crippen LogP contribution in [-0.2, 0) is 9.59 Å². The highest BCUT2D eigenvalue weighted by Gasteiger charge is 2.27. The summed E-state index contributed by atoms with van der Waals surface area (Å²) in [5.41, 5.74) is 0.394. The number of hydrogen-bond acceptors (Lipinski definition) is 2. The van der Waals surface area contributed by atoms with E-state index in [1.54, 1.807) is 24.7 Å². The van der Waals surface area contributed by atoms with E-state index in [4.69, 9.17) is 11.6 Å². The maximum atomic E-state index is 10.3. The largest absolute Gasteiger partial charge is 0.288 e. The quantitative estimate of drug-likeness (QED) is 0.578. The Balaban J connectivity index is 2.84. The Labute approximate surface area is 69.5 Å². The molecule has 1 atom stereocenters. The number of allylic oxidation sites excluding steroid dienone is 4. The summed E-state index contributed by atoms with van der Waals surface area (Å²) in [6.45, 7) is 0. The molecule has 1 rings (SSSR count). The zero-order chi connectivity index (χ0) is 8.32. The second-order valence-corrected chi connectivity index (χ2v) is 2.97. The van der Waals surface area contributed by atoms with Crippen LogP contribution < -0.4 is 0 Å². The van der Waals surface area contributed by atoms with Gasteiger partial charge in [-0.15, -0.1) is 11.6 Å². The minimum Gasteiger partial charge on any atom is -0.288 e. The van der Waals surface area contributed by atoms with Crippen LogP contribution in [0.3, 0.4) is 0 Å². The number of alkyl halides is 1.